The van der Waals surface area contributed by atoms with E-state index in [0.29, 0.717) is 6.54 Å². The van der Waals surface area contributed by atoms with Crippen molar-refractivity contribution < 1.29 is 17.9 Å². The molecule has 0 saturated carbocycles. The van der Waals surface area contributed by atoms with E-state index in [2.05, 4.69) is 34.4 Å². The minimum Gasteiger partial charge on any atom is -0.484 e. The molecule has 28 heavy (non-hydrogen) atoms. The molecule has 160 valence electrons. The van der Waals surface area contributed by atoms with Crippen molar-refractivity contribution in [3.8, 4) is 5.75 Å². The second-order valence-electron chi connectivity index (χ2n) is 6.40. The predicted octanol–water partition coefficient (Wildman–Crippen LogP) is 3.80. The number of hydrogen-bond donors (Lipinski definition) is 2. The van der Waals surface area contributed by atoms with Crippen LogP contribution in [0.3, 0.4) is 0 Å². The van der Waals surface area contributed by atoms with Crippen molar-refractivity contribution in [1.29, 1.82) is 0 Å². The Bertz CT molecular complexity index is 558. The van der Waals surface area contributed by atoms with Crippen molar-refractivity contribution in [3.05, 3.63) is 29.8 Å². The van der Waals surface area contributed by atoms with Crippen molar-refractivity contribution in [2.45, 2.75) is 46.3 Å². The smallest absolute Gasteiger partial charge is 0.422 e. The van der Waals surface area contributed by atoms with Crippen LogP contribution in [0.4, 0.5) is 13.2 Å². The summed E-state index contributed by atoms with van der Waals surface area (Å²) in [6.45, 7) is 10.4. The lowest BCUT2D eigenvalue weighted by Gasteiger charge is -2.18. The molecule has 2 N–H and O–H groups in total. The van der Waals surface area contributed by atoms with Gasteiger partial charge in [0.2, 0.25) is 0 Å². The molecule has 0 unspecified atom stereocenters. The van der Waals surface area contributed by atoms with Gasteiger partial charge in [-0.3, -0.25) is 0 Å². The SMILES string of the molecule is CCNC(=NCc1ccc(OCC(F)(F)F)cc1)NCCCCN(CC)CC. The number of unbranched alkanes of at least 4 members (excludes halogenated alkanes) is 1. The zero-order valence-electron chi connectivity index (χ0n) is 17.1. The molecule has 0 aromatic heterocycles. The third-order valence-corrected chi connectivity index (χ3v) is 4.18. The van der Waals surface area contributed by atoms with Gasteiger partial charge in [-0.2, -0.15) is 13.2 Å². The highest BCUT2D eigenvalue weighted by molar-refractivity contribution is 5.79. The quantitative estimate of drug-likeness (QED) is 0.317. The maximum Gasteiger partial charge on any atom is 0.422 e. The van der Waals surface area contributed by atoms with Gasteiger partial charge in [0, 0.05) is 13.1 Å². The second-order valence-corrected chi connectivity index (χ2v) is 6.40. The molecule has 0 spiro atoms. The number of hydrogen-bond acceptors (Lipinski definition) is 3. The first-order chi connectivity index (χ1) is 13.4. The van der Waals surface area contributed by atoms with Gasteiger partial charge in [0.15, 0.2) is 12.6 Å². The van der Waals surface area contributed by atoms with E-state index in [0.717, 1.165) is 57.1 Å². The molecule has 1 aromatic carbocycles. The Hall–Kier alpha value is -1.96. The summed E-state index contributed by atoms with van der Waals surface area (Å²) in [6.07, 6.45) is -2.14. The fourth-order valence-corrected chi connectivity index (χ4v) is 2.58. The predicted molar refractivity (Wildman–Crippen MR) is 108 cm³/mol. The van der Waals surface area contributed by atoms with Gasteiger partial charge in [-0.15, -0.1) is 0 Å². The summed E-state index contributed by atoms with van der Waals surface area (Å²) >= 11 is 0. The average Bonchev–Trinajstić information content (AvgIpc) is 2.67. The Morgan fingerprint density at radius 2 is 1.71 bits per heavy atom. The van der Waals surface area contributed by atoms with E-state index in [4.69, 9.17) is 4.74 Å². The molecule has 0 atom stereocenters. The van der Waals surface area contributed by atoms with Crippen LogP contribution in [0, 0.1) is 0 Å². The van der Waals surface area contributed by atoms with Crippen LogP contribution in [0.5, 0.6) is 5.75 Å². The van der Waals surface area contributed by atoms with Crippen LogP contribution >= 0.6 is 0 Å². The van der Waals surface area contributed by atoms with Crippen LogP contribution in [-0.2, 0) is 6.54 Å². The number of halogens is 3. The fraction of sp³-hybridized carbons (Fsp3) is 0.650. The van der Waals surface area contributed by atoms with E-state index in [1.54, 1.807) is 12.1 Å². The monoisotopic (exact) mass is 402 g/mol. The average molecular weight is 403 g/mol. The van der Waals surface area contributed by atoms with Crippen LogP contribution in [0.25, 0.3) is 0 Å². The van der Waals surface area contributed by atoms with E-state index in [-0.39, 0.29) is 5.75 Å². The molecule has 0 radical (unpaired) electrons. The molecule has 0 aliphatic carbocycles. The Balaban J connectivity index is 2.42. The van der Waals surface area contributed by atoms with Crippen molar-refractivity contribution in [1.82, 2.24) is 15.5 Å². The van der Waals surface area contributed by atoms with Gasteiger partial charge >= 0.3 is 6.18 Å². The van der Waals surface area contributed by atoms with Gasteiger partial charge in [-0.25, -0.2) is 4.99 Å². The molecule has 1 aromatic rings. The minimum atomic E-state index is -4.33. The van der Waals surface area contributed by atoms with Gasteiger partial charge in [0.25, 0.3) is 0 Å². The Labute approximate surface area is 166 Å². The minimum absolute atomic E-state index is 0.197. The first kappa shape index (κ1) is 24.1. The van der Waals surface area contributed by atoms with Crippen molar-refractivity contribution in [3.63, 3.8) is 0 Å². The topological polar surface area (TPSA) is 48.9 Å². The molecule has 0 saturated heterocycles. The van der Waals surface area contributed by atoms with Gasteiger partial charge in [-0.05, 0) is 57.1 Å². The van der Waals surface area contributed by atoms with E-state index in [1.165, 1.54) is 12.1 Å². The van der Waals surface area contributed by atoms with Gasteiger partial charge in [0.1, 0.15) is 5.75 Å². The first-order valence-corrected chi connectivity index (χ1v) is 9.91. The number of alkyl halides is 3. The summed E-state index contributed by atoms with van der Waals surface area (Å²) in [5, 5.41) is 6.52. The Kier molecular flexibility index (Phi) is 11.4. The maximum atomic E-state index is 12.2. The number of rotatable bonds is 12. The number of benzene rings is 1. The van der Waals surface area contributed by atoms with Gasteiger partial charge in [0.05, 0.1) is 6.54 Å². The van der Waals surface area contributed by atoms with Gasteiger partial charge in [-0.1, -0.05) is 26.0 Å². The summed E-state index contributed by atoms with van der Waals surface area (Å²) in [6, 6.07) is 6.51. The zero-order chi connectivity index (χ0) is 20.8. The van der Waals surface area contributed by atoms with Crippen molar-refractivity contribution in [2.75, 3.05) is 39.3 Å². The van der Waals surface area contributed by atoms with Crippen LogP contribution in [0.1, 0.15) is 39.2 Å². The molecule has 8 heteroatoms. The number of nitrogens with one attached hydrogen (secondary N) is 2. The van der Waals surface area contributed by atoms with Crippen LogP contribution in [0.15, 0.2) is 29.3 Å². The van der Waals surface area contributed by atoms with E-state index >= 15 is 0 Å². The third-order valence-electron chi connectivity index (χ3n) is 4.18. The largest absolute Gasteiger partial charge is 0.484 e. The summed E-state index contributed by atoms with van der Waals surface area (Å²) in [5.74, 6) is 0.936. The molecule has 0 bridgehead atoms. The number of guanidine groups is 1. The highest BCUT2D eigenvalue weighted by atomic mass is 19.4. The number of nitrogens with zero attached hydrogens (tertiary/aromatic N) is 2. The lowest BCUT2D eigenvalue weighted by molar-refractivity contribution is -0.153. The van der Waals surface area contributed by atoms with Crippen LogP contribution < -0.4 is 15.4 Å². The normalized spacial score (nSPS) is 12.3. The van der Waals surface area contributed by atoms with E-state index in [9.17, 15) is 13.2 Å². The van der Waals surface area contributed by atoms with Crippen molar-refractivity contribution in [2.24, 2.45) is 4.99 Å². The lowest BCUT2D eigenvalue weighted by atomic mass is 10.2. The summed E-state index contributed by atoms with van der Waals surface area (Å²) in [5.41, 5.74) is 0.901. The third kappa shape index (κ3) is 11.0. The number of ether oxygens (including phenoxy) is 1. The van der Waals surface area contributed by atoms with Crippen molar-refractivity contribution >= 4 is 5.96 Å². The molecule has 0 amide bonds. The molecule has 1 rings (SSSR count). The zero-order valence-corrected chi connectivity index (χ0v) is 17.1. The molecular weight excluding hydrogens is 369 g/mol. The highest BCUT2D eigenvalue weighted by Crippen LogP contribution is 2.19. The van der Waals surface area contributed by atoms with E-state index < -0.39 is 12.8 Å². The molecule has 0 aliphatic rings. The van der Waals surface area contributed by atoms with Gasteiger partial charge < -0.3 is 20.3 Å². The standard InChI is InChI=1S/C20H33F3N4O/c1-4-24-19(25-13-7-8-14-27(5-2)6-3)26-15-17-9-11-18(12-10-17)28-16-20(21,22)23/h9-12H,4-8,13-16H2,1-3H3,(H2,24,25,26). The molecular formula is C20H33F3N4O. The Morgan fingerprint density at radius 3 is 2.29 bits per heavy atom. The van der Waals surface area contributed by atoms with Crippen LogP contribution in [-0.4, -0.2) is 56.4 Å². The number of aliphatic imine (C=N–C) groups is 1. The summed E-state index contributed by atoms with van der Waals surface area (Å²) in [4.78, 5) is 6.93. The maximum absolute atomic E-state index is 12.2. The highest BCUT2D eigenvalue weighted by Gasteiger charge is 2.28. The molecule has 0 aliphatic heterocycles. The Morgan fingerprint density at radius 1 is 1.04 bits per heavy atom. The van der Waals surface area contributed by atoms with E-state index in [1.807, 2.05) is 6.92 Å². The lowest BCUT2D eigenvalue weighted by Crippen LogP contribution is -2.38. The fourth-order valence-electron chi connectivity index (χ4n) is 2.58. The molecule has 5 nitrogen and oxygen atoms in total. The second kappa shape index (κ2) is 13.3. The molecule has 0 heterocycles. The first-order valence-electron chi connectivity index (χ1n) is 9.91. The van der Waals surface area contributed by atoms with Crippen LogP contribution in [0.2, 0.25) is 0 Å². The summed E-state index contributed by atoms with van der Waals surface area (Å²) < 4.78 is 41.2. The molecule has 0 fully saturated rings. The summed E-state index contributed by atoms with van der Waals surface area (Å²) in [7, 11) is 0.